The molecule has 1 spiro atoms. The molecule has 0 aromatic carbocycles. The van der Waals surface area contributed by atoms with Crippen molar-refractivity contribution in [3.8, 4) is 0 Å². The fourth-order valence-corrected chi connectivity index (χ4v) is 6.66. The molecule has 1 saturated carbocycles. The van der Waals surface area contributed by atoms with Gasteiger partial charge in [-0.3, -0.25) is 19.3 Å². The number of imide groups is 1. The summed E-state index contributed by atoms with van der Waals surface area (Å²) in [6, 6.07) is 2.74. The number of urea groups is 1. The molecule has 3 heterocycles. The number of furan rings is 1. The van der Waals surface area contributed by atoms with Gasteiger partial charge in [-0.2, -0.15) is 0 Å². The van der Waals surface area contributed by atoms with Crippen LogP contribution in [0.5, 0.6) is 0 Å². The van der Waals surface area contributed by atoms with Gasteiger partial charge >= 0.3 is 6.03 Å². The normalized spacial score (nSPS) is 21.7. The fraction of sp³-hybridized carbons (Fsp3) is 0.500. The molecule has 0 radical (unpaired) electrons. The highest BCUT2D eigenvalue weighted by molar-refractivity contribution is 7.17. The number of nitrogens with zero attached hydrogens (tertiary/aromatic N) is 1. The lowest BCUT2D eigenvalue weighted by Gasteiger charge is -2.30. The van der Waals surface area contributed by atoms with Crippen LogP contribution >= 0.6 is 11.3 Å². The van der Waals surface area contributed by atoms with Crippen LogP contribution in [0.1, 0.15) is 72.0 Å². The van der Waals surface area contributed by atoms with Gasteiger partial charge in [0.1, 0.15) is 17.1 Å². The van der Waals surface area contributed by atoms with Gasteiger partial charge in [-0.25, -0.2) is 4.79 Å². The van der Waals surface area contributed by atoms with Crippen LogP contribution in [0.15, 0.2) is 22.8 Å². The summed E-state index contributed by atoms with van der Waals surface area (Å²) in [4.78, 5) is 53.8. The molecule has 1 atom stereocenters. The van der Waals surface area contributed by atoms with E-state index in [1.165, 1.54) is 17.6 Å². The van der Waals surface area contributed by atoms with E-state index in [2.05, 4.69) is 17.6 Å². The number of carbonyl (C=O) groups excluding carboxylic acids is 4. The minimum atomic E-state index is -0.867. The molecule has 2 aliphatic carbocycles. The zero-order valence-electron chi connectivity index (χ0n) is 18.6. The molecule has 4 amide bonds. The van der Waals surface area contributed by atoms with Crippen LogP contribution in [0.2, 0.25) is 0 Å². The van der Waals surface area contributed by atoms with Crippen molar-refractivity contribution in [3.05, 3.63) is 40.2 Å². The van der Waals surface area contributed by atoms with Crippen LogP contribution in [0, 0.1) is 5.92 Å². The van der Waals surface area contributed by atoms with E-state index in [9.17, 15) is 19.2 Å². The summed E-state index contributed by atoms with van der Waals surface area (Å²) >= 11 is 1.40. The zero-order chi connectivity index (χ0) is 23.2. The van der Waals surface area contributed by atoms with Crippen LogP contribution in [-0.2, 0) is 22.4 Å². The molecule has 1 unspecified atom stereocenters. The number of hydrogen-bond donors (Lipinski definition) is 2. The van der Waals surface area contributed by atoms with Gasteiger partial charge in [-0.05, 0) is 55.7 Å². The second-order valence-electron chi connectivity index (χ2n) is 9.37. The Morgan fingerprint density at radius 3 is 2.79 bits per heavy atom. The van der Waals surface area contributed by atoms with Crippen molar-refractivity contribution in [1.29, 1.82) is 0 Å². The second-order valence-corrected chi connectivity index (χ2v) is 10.5. The molecular weight excluding hydrogens is 442 g/mol. The topological polar surface area (TPSA) is 109 Å². The highest BCUT2D eigenvalue weighted by atomic mass is 32.1. The Morgan fingerprint density at radius 2 is 2.06 bits per heavy atom. The number of ketones is 1. The summed E-state index contributed by atoms with van der Waals surface area (Å²) in [5.41, 5.74) is 0.561. The van der Waals surface area contributed by atoms with Crippen LogP contribution in [0.25, 0.3) is 0 Å². The number of thiophene rings is 1. The minimum Gasteiger partial charge on any atom is -0.461 e. The van der Waals surface area contributed by atoms with E-state index in [1.807, 2.05) is 0 Å². The molecule has 2 fully saturated rings. The van der Waals surface area contributed by atoms with Gasteiger partial charge in [0.2, 0.25) is 11.7 Å². The smallest absolute Gasteiger partial charge is 0.325 e. The van der Waals surface area contributed by atoms with E-state index in [0.717, 1.165) is 53.9 Å². The zero-order valence-corrected chi connectivity index (χ0v) is 19.4. The Balaban J connectivity index is 1.38. The molecule has 33 heavy (non-hydrogen) atoms. The number of hydrogen-bond acceptors (Lipinski definition) is 6. The predicted octanol–water partition coefficient (Wildman–Crippen LogP) is 3.89. The number of carbonyl (C=O) groups is 4. The molecule has 5 rings (SSSR count). The van der Waals surface area contributed by atoms with Crippen LogP contribution in [-0.4, -0.2) is 40.6 Å². The predicted molar refractivity (Wildman–Crippen MR) is 122 cm³/mol. The van der Waals surface area contributed by atoms with Gasteiger partial charge in [0.15, 0.2) is 5.76 Å². The average Bonchev–Trinajstić information content (AvgIpc) is 3.49. The Labute approximate surface area is 195 Å². The Bertz CT molecular complexity index is 1110. The van der Waals surface area contributed by atoms with E-state index >= 15 is 0 Å². The summed E-state index contributed by atoms with van der Waals surface area (Å²) in [5.74, 6) is -0.361. The third-order valence-corrected chi connectivity index (χ3v) is 8.16. The van der Waals surface area contributed by atoms with Crippen LogP contribution < -0.4 is 10.6 Å². The summed E-state index contributed by atoms with van der Waals surface area (Å²) in [6.07, 6.45) is 8.04. The monoisotopic (exact) mass is 469 g/mol. The van der Waals surface area contributed by atoms with Gasteiger partial charge < -0.3 is 15.1 Å². The first-order valence-corrected chi connectivity index (χ1v) is 12.4. The van der Waals surface area contributed by atoms with Gasteiger partial charge in [0.25, 0.3) is 5.91 Å². The van der Waals surface area contributed by atoms with Crippen molar-refractivity contribution in [2.75, 3.05) is 11.9 Å². The lowest BCUT2D eigenvalue weighted by molar-refractivity contribution is -0.134. The second kappa shape index (κ2) is 8.44. The molecule has 2 aromatic rings. The summed E-state index contributed by atoms with van der Waals surface area (Å²) < 4.78 is 5.33. The number of amides is 4. The Hall–Kier alpha value is -2.94. The molecule has 2 aromatic heterocycles. The van der Waals surface area contributed by atoms with Crippen molar-refractivity contribution in [2.24, 2.45) is 5.92 Å². The van der Waals surface area contributed by atoms with Gasteiger partial charge in [0, 0.05) is 4.88 Å². The number of rotatable bonds is 5. The quantitative estimate of drug-likeness (QED) is 0.510. The van der Waals surface area contributed by atoms with Crippen LogP contribution in [0.3, 0.4) is 0 Å². The Kier molecular flexibility index (Phi) is 5.60. The van der Waals surface area contributed by atoms with Crippen molar-refractivity contribution >= 4 is 40.0 Å². The van der Waals surface area contributed by atoms with E-state index in [4.69, 9.17) is 4.42 Å². The van der Waals surface area contributed by atoms with E-state index in [0.29, 0.717) is 29.3 Å². The molecule has 1 aliphatic heterocycles. The van der Waals surface area contributed by atoms with Crippen molar-refractivity contribution in [3.63, 3.8) is 0 Å². The lowest BCUT2D eigenvalue weighted by Crippen LogP contribution is -2.48. The first-order valence-electron chi connectivity index (χ1n) is 11.5. The van der Waals surface area contributed by atoms with Crippen molar-refractivity contribution in [1.82, 2.24) is 10.2 Å². The molecular formula is C24H27N3O5S. The highest BCUT2D eigenvalue weighted by Gasteiger charge is 2.51. The maximum atomic E-state index is 13.2. The Morgan fingerprint density at radius 1 is 1.27 bits per heavy atom. The minimum absolute atomic E-state index is 0.220. The SMILES string of the molecule is CC1CCc2c(sc(NC(=O)CN3C(=O)NC4(CCCCC4)C3=O)c2C(=O)c2ccco2)C1. The standard InChI is InChI=1S/C24H27N3O5S/c1-14-7-8-15-17(12-14)33-21(19(15)20(29)16-6-5-11-32-16)25-18(28)13-27-22(30)24(26-23(27)31)9-3-2-4-10-24/h5-6,11,14H,2-4,7-10,12-13H2,1H3,(H,25,28)(H,26,31). The fourth-order valence-electron chi connectivity index (χ4n) is 5.23. The molecule has 8 nitrogen and oxygen atoms in total. The van der Waals surface area contributed by atoms with Gasteiger partial charge in [-0.1, -0.05) is 26.2 Å². The molecule has 3 aliphatic rings. The van der Waals surface area contributed by atoms with Gasteiger partial charge in [-0.15, -0.1) is 11.3 Å². The maximum absolute atomic E-state index is 13.2. The first-order chi connectivity index (χ1) is 15.9. The summed E-state index contributed by atoms with van der Waals surface area (Å²) in [5, 5.41) is 6.11. The third kappa shape index (κ3) is 3.88. The molecule has 0 bridgehead atoms. The summed E-state index contributed by atoms with van der Waals surface area (Å²) in [7, 11) is 0. The third-order valence-electron chi connectivity index (χ3n) is 6.99. The highest BCUT2D eigenvalue weighted by Crippen LogP contribution is 2.41. The molecule has 2 N–H and O–H groups in total. The number of anilines is 1. The largest absolute Gasteiger partial charge is 0.461 e. The van der Waals surface area contributed by atoms with Crippen molar-refractivity contribution < 1.29 is 23.6 Å². The van der Waals surface area contributed by atoms with E-state index < -0.39 is 17.5 Å². The lowest BCUT2D eigenvalue weighted by atomic mass is 9.82. The van der Waals surface area contributed by atoms with Crippen molar-refractivity contribution in [2.45, 2.75) is 63.8 Å². The first kappa shape index (κ1) is 21.9. The number of fused-ring (bicyclic) bond motifs is 1. The summed E-state index contributed by atoms with van der Waals surface area (Å²) in [6.45, 7) is 1.80. The van der Waals surface area contributed by atoms with Crippen LogP contribution in [0.4, 0.5) is 9.80 Å². The molecule has 174 valence electrons. The number of nitrogens with one attached hydrogen (secondary N) is 2. The van der Waals surface area contributed by atoms with Gasteiger partial charge in [0.05, 0.1) is 11.8 Å². The maximum Gasteiger partial charge on any atom is 0.325 e. The van der Waals surface area contributed by atoms with E-state index in [-0.39, 0.29) is 24.0 Å². The molecule has 9 heteroatoms. The average molecular weight is 470 g/mol. The van der Waals surface area contributed by atoms with E-state index in [1.54, 1.807) is 12.1 Å². The molecule has 1 saturated heterocycles.